The highest BCUT2D eigenvalue weighted by Gasteiger charge is 2.39. The van der Waals surface area contributed by atoms with Gasteiger partial charge in [0.2, 0.25) is 11.8 Å². The number of Topliss-reactive ketones (excluding diaryl/α,β-unsaturated/α-hetero) is 1. The molecule has 1 N–H and O–H groups in total. The van der Waals surface area contributed by atoms with E-state index in [0.717, 1.165) is 16.8 Å². The molecule has 0 saturated carbocycles. The van der Waals surface area contributed by atoms with Crippen LogP contribution in [-0.2, 0) is 19.6 Å². The minimum atomic E-state index is -4.89. The molecule has 0 amide bonds. The van der Waals surface area contributed by atoms with Crippen LogP contribution in [0, 0.1) is 11.6 Å². The number of nitrogens with zero attached hydrogens (tertiary/aromatic N) is 5. The van der Waals surface area contributed by atoms with Crippen molar-refractivity contribution in [3.8, 4) is 17.6 Å². The second-order valence-electron chi connectivity index (χ2n) is 7.34. The lowest BCUT2D eigenvalue weighted by Gasteiger charge is -2.19. The maximum absolute atomic E-state index is 15.1. The van der Waals surface area contributed by atoms with Gasteiger partial charge in [0.1, 0.15) is 12.4 Å². The summed E-state index contributed by atoms with van der Waals surface area (Å²) in [6.45, 7) is 1.52. The molecule has 15 heteroatoms. The third kappa shape index (κ3) is 5.19. The summed E-state index contributed by atoms with van der Waals surface area (Å²) in [6, 6.07) is 1.45. The van der Waals surface area contributed by atoms with Crippen LogP contribution in [0.2, 0.25) is 0 Å². The van der Waals surface area contributed by atoms with Gasteiger partial charge in [0.15, 0.2) is 29.3 Å². The van der Waals surface area contributed by atoms with Gasteiger partial charge in [-0.2, -0.15) is 22.8 Å². The first-order valence-electron chi connectivity index (χ1n) is 10.4. The quantitative estimate of drug-likeness (QED) is 0.339. The molecule has 0 aliphatic carbocycles. The van der Waals surface area contributed by atoms with E-state index < -0.39 is 65.7 Å². The molecule has 0 bridgehead atoms. The van der Waals surface area contributed by atoms with Crippen molar-refractivity contribution < 1.29 is 41.3 Å². The molecule has 194 valence electrons. The molecule has 3 rings (SSSR count). The number of pyridine rings is 2. The Morgan fingerprint density at radius 2 is 1.92 bits per heavy atom. The monoisotopic (exact) mass is 517 g/mol. The third-order valence-electron chi connectivity index (χ3n) is 5.06. The van der Waals surface area contributed by atoms with Gasteiger partial charge in [0.25, 0.3) is 0 Å². The van der Waals surface area contributed by atoms with E-state index in [1.54, 1.807) is 6.92 Å². The molecule has 0 spiro atoms. The minimum Gasteiger partial charge on any atom is -0.481 e. The van der Waals surface area contributed by atoms with Crippen molar-refractivity contribution in [1.29, 1.82) is 0 Å². The fourth-order valence-electron chi connectivity index (χ4n) is 3.19. The summed E-state index contributed by atoms with van der Waals surface area (Å²) in [5.74, 6) is -5.51. The van der Waals surface area contributed by atoms with Crippen LogP contribution in [-0.4, -0.2) is 54.6 Å². The van der Waals surface area contributed by atoms with Gasteiger partial charge < -0.3 is 14.6 Å². The number of rotatable bonds is 9. The summed E-state index contributed by atoms with van der Waals surface area (Å²) in [6.07, 6.45) is -7.08. The van der Waals surface area contributed by atoms with Gasteiger partial charge >= 0.3 is 11.9 Å². The maximum Gasteiger partial charge on any atom is 0.425 e. The van der Waals surface area contributed by atoms with E-state index in [0.29, 0.717) is 17.7 Å². The van der Waals surface area contributed by atoms with E-state index in [1.807, 2.05) is 0 Å². The lowest BCUT2D eigenvalue weighted by molar-refractivity contribution is -0.190. The number of methoxy groups -OCH3 is 1. The maximum atomic E-state index is 15.1. The number of aliphatic hydroxyl groups is 1. The number of halogens is 5. The van der Waals surface area contributed by atoms with Crippen molar-refractivity contribution in [2.75, 3.05) is 7.11 Å². The summed E-state index contributed by atoms with van der Waals surface area (Å²) < 4.78 is 80.1. The zero-order valence-electron chi connectivity index (χ0n) is 19.1. The van der Waals surface area contributed by atoms with Crippen molar-refractivity contribution in [1.82, 2.24) is 24.3 Å². The lowest BCUT2D eigenvalue weighted by Crippen LogP contribution is -2.32. The topological polar surface area (TPSA) is 121 Å². The van der Waals surface area contributed by atoms with Crippen molar-refractivity contribution in [3.63, 3.8) is 0 Å². The molecular weight excluding hydrogens is 497 g/mol. The number of hydrogen-bond acceptors (Lipinski definition) is 8. The molecule has 0 aromatic carbocycles. The number of carbonyl (C=O) groups excluding carboxylic acids is 1. The standard InChI is InChI=1S/C21H20F5N5O5/c1-4-30-16(9-32)29-31(20(30)34)17-14(23)7-12(19(28-17)36-10(2)21(24,25)26)15(33)8-11-13(22)5-6-27-18(11)35-3/h5-7,10,32H,4,8-9H2,1-3H3/t10-/m0/s1. The first-order valence-corrected chi connectivity index (χ1v) is 10.4. The highest BCUT2D eigenvalue weighted by atomic mass is 19.4. The second-order valence-corrected chi connectivity index (χ2v) is 7.34. The predicted molar refractivity (Wildman–Crippen MR) is 112 cm³/mol. The van der Waals surface area contributed by atoms with Gasteiger partial charge in [0.05, 0.1) is 18.2 Å². The Hall–Kier alpha value is -3.88. The minimum absolute atomic E-state index is 0.0416. The van der Waals surface area contributed by atoms with E-state index >= 15 is 4.39 Å². The highest BCUT2D eigenvalue weighted by molar-refractivity contribution is 5.99. The first kappa shape index (κ1) is 26.7. The predicted octanol–water partition coefficient (Wildman–Crippen LogP) is 2.38. The number of aromatic nitrogens is 5. The van der Waals surface area contributed by atoms with Crippen LogP contribution in [0.3, 0.4) is 0 Å². The number of ketones is 1. The van der Waals surface area contributed by atoms with E-state index in [9.17, 15) is 32.3 Å². The van der Waals surface area contributed by atoms with Crippen LogP contribution in [0.4, 0.5) is 22.0 Å². The van der Waals surface area contributed by atoms with Crippen molar-refractivity contribution in [2.24, 2.45) is 0 Å². The Morgan fingerprint density at radius 3 is 2.47 bits per heavy atom. The molecule has 3 aromatic heterocycles. The van der Waals surface area contributed by atoms with Gasteiger partial charge in [-0.1, -0.05) is 0 Å². The number of alkyl halides is 3. The summed E-state index contributed by atoms with van der Waals surface area (Å²) in [5, 5.41) is 13.2. The molecule has 36 heavy (non-hydrogen) atoms. The smallest absolute Gasteiger partial charge is 0.425 e. The van der Waals surface area contributed by atoms with Gasteiger partial charge in [0, 0.05) is 19.2 Å². The second kappa shape index (κ2) is 10.4. The molecule has 3 heterocycles. The van der Waals surface area contributed by atoms with Crippen LogP contribution in [0.1, 0.15) is 35.6 Å². The number of aliphatic hydroxyl groups excluding tert-OH is 1. The Morgan fingerprint density at radius 1 is 1.22 bits per heavy atom. The van der Waals surface area contributed by atoms with E-state index in [-0.39, 0.29) is 23.8 Å². The summed E-state index contributed by atoms with van der Waals surface area (Å²) in [4.78, 5) is 33.0. The molecule has 0 unspecified atom stereocenters. The lowest BCUT2D eigenvalue weighted by atomic mass is 10.0. The Labute approximate surface area is 199 Å². The van der Waals surface area contributed by atoms with Gasteiger partial charge in [-0.3, -0.25) is 9.36 Å². The number of hydrogen-bond donors (Lipinski definition) is 1. The fourth-order valence-corrected chi connectivity index (χ4v) is 3.19. The van der Waals surface area contributed by atoms with Crippen LogP contribution < -0.4 is 15.2 Å². The molecule has 1 atom stereocenters. The van der Waals surface area contributed by atoms with Crippen LogP contribution in [0.5, 0.6) is 11.8 Å². The van der Waals surface area contributed by atoms with Crippen LogP contribution >= 0.6 is 0 Å². The number of carbonyl (C=O) groups is 1. The highest BCUT2D eigenvalue weighted by Crippen LogP contribution is 2.29. The Balaban J connectivity index is 2.16. The molecule has 0 radical (unpaired) electrons. The van der Waals surface area contributed by atoms with Crippen molar-refractivity contribution >= 4 is 5.78 Å². The third-order valence-corrected chi connectivity index (χ3v) is 5.06. The molecule has 0 aliphatic heterocycles. The zero-order valence-corrected chi connectivity index (χ0v) is 19.1. The summed E-state index contributed by atoms with van der Waals surface area (Å²) in [7, 11) is 1.17. The average molecular weight is 517 g/mol. The molecule has 0 aliphatic rings. The van der Waals surface area contributed by atoms with Crippen molar-refractivity contribution in [3.05, 3.63) is 57.4 Å². The number of ether oxygens (including phenoxy) is 2. The van der Waals surface area contributed by atoms with E-state index in [2.05, 4.69) is 15.1 Å². The van der Waals surface area contributed by atoms with E-state index in [4.69, 9.17) is 9.47 Å². The van der Waals surface area contributed by atoms with Crippen LogP contribution in [0.25, 0.3) is 5.82 Å². The van der Waals surface area contributed by atoms with Crippen LogP contribution in [0.15, 0.2) is 23.1 Å². The normalized spacial score (nSPS) is 12.5. The molecular formula is C21H20F5N5O5. The average Bonchev–Trinajstić information content (AvgIpc) is 3.15. The zero-order chi connectivity index (χ0) is 26.8. The first-order chi connectivity index (χ1) is 16.9. The molecule has 3 aromatic rings. The summed E-state index contributed by atoms with van der Waals surface area (Å²) in [5.41, 5.74) is -2.01. The van der Waals surface area contributed by atoms with Gasteiger partial charge in [-0.15, -0.1) is 5.10 Å². The van der Waals surface area contributed by atoms with E-state index in [1.165, 1.54) is 7.11 Å². The van der Waals surface area contributed by atoms with Crippen molar-refractivity contribution in [2.45, 2.75) is 45.7 Å². The summed E-state index contributed by atoms with van der Waals surface area (Å²) >= 11 is 0. The SMILES string of the molecule is CCn1c(CO)nn(-c2nc(O[C@@H](C)C(F)(F)F)c(C(=O)Cc3c(F)ccnc3OC)cc2F)c1=O. The largest absolute Gasteiger partial charge is 0.481 e. The Kier molecular flexibility index (Phi) is 7.71. The molecule has 0 fully saturated rings. The fraction of sp³-hybridized carbons (Fsp3) is 0.381. The molecule has 0 saturated heterocycles. The van der Waals surface area contributed by atoms with Gasteiger partial charge in [-0.25, -0.2) is 18.6 Å². The Bertz CT molecular complexity index is 1340. The molecule has 10 nitrogen and oxygen atoms in total. The van der Waals surface area contributed by atoms with Gasteiger partial charge in [-0.05, 0) is 26.0 Å².